The van der Waals surface area contributed by atoms with Gasteiger partial charge in [-0.2, -0.15) is 0 Å². The third-order valence-electron chi connectivity index (χ3n) is 3.76. The number of unbranched alkanes of at least 4 members (excludes halogenated alkanes) is 1. The average Bonchev–Trinajstić information content (AvgIpc) is 3.08. The van der Waals surface area contributed by atoms with Gasteiger partial charge in [-0.3, -0.25) is 14.4 Å². The van der Waals surface area contributed by atoms with Crippen LogP contribution in [0.2, 0.25) is 0 Å². The number of ketones is 2. The summed E-state index contributed by atoms with van der Waals surface area (Å²) in [6.45, 7) is 1.71. The third-order valence-corrected chi connectivity index (χ3v) is 4.82. The van der Waals surface area contributed by atoms with Gasteiger partial charge in [-0.05, 0) is 26.9 Å². The number of amides is 2. The highest BCUT2D eigenvalue weighted by molar-refractivity contribution is 7.16. The van der Waals surface area contributed by atoms with Gasteiger partial charge in [0.2, 0.25) is 5.78 Å². The molecule has 2 amide bonds. The molecule has 1 aliphatic rings. The van der Waals surface area contributed by atoms with Crippen molar-refractivity contribution in [3.63, 3.8) is 0 Å². The van der Waals surface area contributed by atoms with Gasteiger partial charge in [0.15, 0.2) is 10.8 Å². The minimum Gasteiger partial charge on any atom is -0.450 e. The second-order valence-electron chi connectivity index (χ2n) is 6.31. The molecule has 1 aromatic heterocycles. The van der Waals surface area contributed by atoms with Gasteiger partial charge in [-0.25, -0.2) is 9.78 Å². The lowest BCUT2D eigenvalue weighted by molar-refractivity contribution is 0.0949. The Morgan fingerprint density at radius 1 is 1.25 bits per heavy atom. The van der Waals surface area contributed by atoms with Gasteiger partial charge >= 0.3 is 6.09 Å². The Balaban J connectivity index is 1.91. The Bertz CT molecular complexity index is 802. The summed E-state index contributed by atoms with van der Waals surface area (Å²) in [5, 5.41) is 5.66. The van der Waals surface area contributed by atoms with Crippen molar-refractivity contribution in [2.45, 2.75) is 12.8 Å². The molecule has 0 unspecified atom stereocenters. The molecule has 4 N–H and O–H groups in total. The summed E-state index contributed by atoms with van der Waals surface area (Å²) in [7, 11) is 3.80. The van der Waals surface area contributed by atoms with E-state index >= 15 is 0 Å². The molecule has 0 spiro atoms. The second kappa shape index (κ2) is 9.95. The van der Waals surface area contributed by atoms with Crippen molar-refractivity contribution in [2.24, 2.45) is 5.73 Å². The smallest absolute Gasteiger partial charge is 0.404 e. The van der Waals surface area contributed by atoms with E-state index in [1.807, 2.05) is 19.0 Å². The Labute approximate surface area is 166 Å². The molecule has 1 heterocycles. The number of likely N-dealkylation sites (N-methyl/N-ethyl adjacent to an activating group) is 1. The molecule has 11 heteroatoms. The third kappa shape index (κ3) is 5.86. The van der Waals surface area contributed by atoms with Gasteiger partial charge in [0, 0.05) is 25.7 Å². The number of primary amides is 1. The summed E-state index contributed by atoms with van der Waals surface area (Å²) in [4.78, 5) is 53.6. The first kappa shape index (κ1) is 21.5. The lowest BCUT2D eigenvalue weighted by Gasteiger charge is -2.15. The molecule has 0 radical (unpaired) electrons. The van der Waals surface area contributed by atoms with Crippen LogP contribution in [0.4, 0.5) is 4.79 Å². The van der Waals surface area contributed by atoms with Crippen LogP contribution < -0.4 is 16.4 Å². The number of nitrogens with one attached hydrogen (secondary N) is 2. The Kier molecular flexibility index (Phi) is 7.64. The number of carbonyl (C=O) groups excluding carboxylic acids is 4. The first-order chi connectivity index (χ1) is 13.3. The number of carbonyl (C=O) groups is 4. The summed E-state index contributed by atoms with van der Waals surface area (Å²) < 4.78 is 4.59. The van der Waals surface area contributed by atoms with Crippen molar-refractivity contribution in [1.29, 1.82) is 0 Å². The van der Waals surface area contributed by atoms with Gasteiger partial charge in [0.05, 0.1) is 12.3 Å². The highest BCUT2D eigenvalue weighted by Gasteiger charge is 2.31. The zero-order valence-electron chi connectivity index (χ0n) is 15.7. The molecule has 10 nitrogen and oxygen atoms in total. The van der Waals surface area contributed by atoms with Crippen LogP contribution in [0.15, 0.2) is 11.8 Å². The van der Waals surface area contributed by atoms with Crippen molar-refractivity contribution < 1.29 is 23.9 Å². The molecule has 0 fully saturated rings. The van der Waals surface area contributed by atoms with E-state index in [9.17, 15) is 19.2 Å². The number of allylic oxidation sites excluding steroid dienone is 2. The fraction of sp³-hybridized carbons (Fsp3) is 0.471. The van der Waals surface area contributed by atoms with E-state index in [-0.39, 0.29) is 33.7 Å². The number of ether oxygens (including phenoxy) is 1. The molecule has 28 heavy (non-hydrogen) atoms. The maximum absolute atomic E-state index is 12.5. The van der Waals surface area contributed by atoms with Crippen LogP contribution in [0, 0.1) is 0 Å². The minimum atomic E-state index is -0.837. The average molecular weight is 409 g/mol. The van der Waals surface area contributed by atoms with Crippen LogP contribution in [-0.2, 0) is 4.74 Å². The molecule has 0 saturated heterocycles. The topological polar surface area (TPSA) is 144 Å². The van der Waals surface area contributed by atoms with Crippen molar-refractivity contribution in [1.82, 2.24) is 20.5 Å². The fourth-order valence-corrected chi connectivity index (χ4v) is 3.24. The Hall–Kier alpha value is -2.79. The number of hydrogen-bond acceptors (Lipinski definition) is 9. The molecular weight excluding hydrogens is 386 g/mol. The van der Waals surface area contributed by atoms with Crippen molar-refractivity contribution in [3.05, 3.63) is 27.4 Å². The predicted molar refractivity (Wildman–Crippen MR) is 103 cm³/mol. The van der Waals surface area contributed by atoms with Crippen molar-refractivity contribution >= 4 is 34.9 Å². The van der Waals surface area contributed by atoms with Crippen LogP contribution in [0.3, 0.4) is 0 Å². The summed E-state index contributed by atoms with van der Waals surface area (Å²) in [6.07, 6.45) is 1.53. The lowest BCUT2D eigenvalue weighted by Crippen LogP contribution is -2.31. The normalized spacial score (nSPS) is 13.2. The quantitative estimate of drug-likeness (QED) is 0.464. The number of fused-ring (bicyclic) bond motifs is 1. The summed E-state index contributed by atoms with van der Waals surface area (Å²) >= 11 is 0.898. The SMILES string of the molecule is CN(C)CCNC1=CC(=O)c2sc(C(=O)NCCCCOC(N)=O)nc2C1=O. The number of thiazole rings is 1. The van der Waals surface area contributed by atoms with Crippen molar-refractivity contribution in [2.75, 3.05) is 40.3 Å². The van der Waals surface area contributed by atoms with Crippen molar-refractivity contribution in [3.8, 4) is 0 Å². The van der Waals surface area contributed by atoms with E-state index < -0.39 is 17.8 Å². The van der Waals surface area contributed by atoms with Gasteiger partial charge in [-0.15, -0.1) is 11.3 Å². The van der Waals surface area contributed by atoms with E-state index in [4.69, 9.17) is 5.73 Å². The van der Waals surface area contributed by atoms with E-state index in [1.165, 1.54) is 6.08 Å². The number of rotatable bonds is 10. The van der Waals surface area contributed by atoms with Gasteiger partial charge in [0.25, 0.3) is 5.91 Å². The van der Waals surface area contributed by atoms with E-state index in [0.717, 1.165) is 11.3 Å². The zero-order chi connectivity index (χ0) is 20.7. The monoisotopic (exact) mass is 409 g/mol. The molecule has 1 aliphatic carbocycles. The van der Waals surface area contributed by atoms with Crippen LogP contribution in [0.1, 0.15) is 42.8 Å². The van der Waals surface area contributed by atoms with Gasteiger partial charge < -0.3 is 26.0 Å². The molecular formula is C17H23N5O5S. The molecule has 0 saturated carbocycles. The van der Waals surface area contributed by atoms with Crippen LogP contribution in [0.5, 0.6) is 0 Å². The highest BCUT2D eigenvalue weighted by Crippen LogP contribution is 2.25. The number of aromatic nitrogens is 1. The van der Waals surface area contributed by atoms with Gasteiger partial charge in [-0.1, -0.05) is 0 Å². The maximum atomic E-state index is 12.5. The first-order valence-electron chi connectivity index (χ1n) is 8.70. The molecule has 0 atom stereocenters. The molecule has 0 aromatic carbocycles. The number of Topliss-reactive ketones (excluding diaryl/α,β-unsaturated/α-hetero) is 1. The predicted octanol–water partition coefficient (Wildman–Crippen LogP) is 0.163. The standard InChI is InChI=1S/C17H23N5O5S/c1-22(2)7-6-19-10-9-11(23)14-12(13(10)24)21-16(28-14)15(25)20-5-3-4-8-27-17(18)26/h9,19H,3-8H2,1-2H3,(H2,18,26)(H,20,25). The Morgan fingerprint density at radius 2 is 2.00 bits per heavy atom. The summed E-state index contributed by atoms with van der Waals surface area (Å²) in [5.41, 5.74) is 5.04. The highest BCUT2D eigenvalue weighted by atomic mass is 32.1. The zero-order valence-corrected chi connectivity index (χ0v) is 16.6. The fourth-order valence-electron chi connectivity index (χ4n) is 2.35. The lowest BCUT2D eigenvalue weighted by atomic mass is 10.0. The van der Waals surface area contributed by atoms with E-state index in [0.29, 0.717) is 32.5 Å². The molecule has 152 valence electrons. The number of nitrogens with two attached hydrogens (primary N) is 1. The van der Waals surface area contributed by atoms with Gasteiger partial charge in [0.1, 0.15) is 10.6 Å². The minimum absolute atomic E-state index is 0.00450. The summed E-state index contributed by atoms with van der Waals surface area (Å²) in [5.74, 6) is -1.20. The van der Waals surface area contributed by atoms with E-state index in [1.54, 1.807) is 0 Å². The molecule has 2 rings (SSSR count). The first-order valence-corrected chi connectivity index (χ1v) is 9.52. The van der Waals surface area contributed by atoms with Crippen LogP contribution in [-0.4, -0.2) is 73.8 Å². The molecule has 0 aliphatic heterocycles. The largest absolute Gasteiger partial charge is 0.450 e. The Morgan fingerprint density at radius 3 is 2.68 bits per heavy atom. The molecule has 1 aromatic rings. The van der Waals surface area contributed by atoms with E-state index in [2.05, 4.69) is 20.4 Å². The number of hydrogen-bond donors (Lipinski definition) is 3. The maximum Gasteiger partial charge on any atom is 0.404 e. The van der Waals surface area contributed by atoms with Crippen LogP contribution >= 0.6 is 11.3 Å². The molecule has 0 bridgehead atoms. The number of nitrogens with zero attached hydrogens (tertiary/aromatic N) is 2. The van der Waals surface area contributed by atoms with Crippen LogP contribution in [0.25, 0.3) is 0 Å². The second-order valence-corrected chi connectivity index (χ2v) is 7.31. The summed E-state index contributed by atoms with van der Waals surface area (Å²) in [6, 6.07) is 0.